The second-order valence-corrected chi connectivity index (χ2v) is 5.34. The summed E-state index contributed by atoms with van der Waals surface area (Å²) in [5.41, 5.74) is 2.04. The van der Waals surface area contributed by atoms with Crippen molar-refractivity contribution in [3.8, 4) is 0 Å². The highest BCUT2D eigenvalue weighted by Crippen LogP contribution is 2.43. The second-order valence-electron chi connectivity index (χ2n) is 5.34. The zero-order chi connectivity index (χ0) is 11.1. The van der Waals surface area contributed by atoms with Crippen molar-refractivity contribution in [2.75, 3.05) is 11.9 Å². The van der Waals surface area contributed by atoms with Gasteiger partial charge in [0.15, 0.2) is 0 Å². The van der Waals surface area contributed by atoms with Crippen LogP contribution in [-0.2, 0) is 0 Å². The van der Waals surface area contributed by atoms with E-state index in [1.54, 1.807) is 6.07 Å². The first-order chi connectivity index (χ1) is 7.00. The lowest BCUT2D eigenvalue weighted by Crippen LogP contribution is -2.27. The molecule has 1 aliphatic heterocycles. The summed E-state index contributed by atoms with van der Waals surface area (Å²) >= 11 is 0. The fraction of sp³-hybridized carbons (Fsp3) is 0.538. The Bertz CT molecular complexity index is 365. The number of hydrogen-bond acceptors (Lipinski definition) is 1. The molecule has 1 nitrogen and oxygen atoms in total. The fourth-order valence-corrected chi connectivity index (χ4v) is 2.41. The summed E-state index contributed by atoms with van der Waals surface area (Å²) in [6.07, 6.45) is 1.08. The molecule has 1 aromatic rings. The van der Waals surface area contributed by atoms with E-state index in [4.69, 9.17) is 0 Å². The Morgan fingerprint density at radius 2 is 2.07 bits per heavy atom. The Hall–Kier alpha value is -1.05. The summed E-state index contributed by atoms with van der Waals surface area (Å²) in [5, 5.41) is 3.16. The van der Waals surface area contributed by atoms with E-state index in [0.717, 1.165) is 18.5 Å². The van der Waals surface area contributed by atoms with Crippen LogP contribution in [-0.4, -0.2) is 6.54 Å². The van der Waals surface area contributed by atoms with Crippen LogP contribution in [0.2, 0.25) is 0 Å². The number of benzene rings is 1. The summed E-state index contributed by atoms with van der Waals surface area (Å²) in [7, 11) is 0. The molecule has 0 radical (unpaired) electrons. The molecule has 0 amide bonds. The molecule has 0 saturated carbocycles. The van der Waals surface area contributed by atoms with Gasteiger partial charge < -0.3 is 5.32 Å². The number of hydrogen-bond donors (Lipinski definition) is 1. The molecular formula is C13H18FN. The number of halogens is 1. The molecule has 0 aliphatic carbocycles. The lowest BCUT2D eigenvalue weighted by atomic mass is 9.73. The van der Waals surface area contributed by atoms with Gasteiger partial charge in [0, 0.05) is 6.54 Å². The smallest absolute Gasteiger partial charge is 0.146 e. The molecule has 2 heteroatoms. The van der Waals surface area contributed by atoms with Crippen LogP contribution in [0.1, 0.15) is 38.7 Å². The highest BCUT2D eigenvalue weighted by atomic mass is 19.1. The summed E-state index contributed by atoms with van der Waals surface area (Å²) in [6, 6.07) is 5.37. The largest absolute Gasteiger partial charge is 0.382 e. The summed E-state index contributed by atoms with van der Waals surface area (Å²) in [6.45, 7) is 7.53. The maximum Gasteiger partial charge on any atom is 0.146 e. The predicted octanol–water partition coefficient (Wildman–Crippen LogP) is 3.77. The van der Waals surface area contributed by atoms with Crippen molar-refractivity contribution in [1.29, 1.82) is 0 Å². The van der Waals surface area contributed by atoms with Crippen LogP contribution in [0, 0.1) is 11.2 Å². The van der Waals surface area contributed by atoms with E-state index in [9.17, 15) is 4.39 Å². The van der Waals surface area contributed by atoms with E-state index in [1.165, 1.54) is 6.07 Å². The summed E-state index contributed by atoms with van der Waals surface area (Å²) in [5.74, 6) is 0.325. The molecular weight excluding hydrogens is 189 g/mol. The third-order valence-electron chi connectivity index (χ3n) is 3.20. The average Bonchev–Trinajstić information content (AvgIpc) is 2.16. The highest BCUT2D eigenvalue weighted by molar-refractivity contribution is 5.56. The average molecular weight is 207 g/mol. The van der Waals surface area contributed by atoms with Gasteiger partial charge in [-0.05, 0) is 29.4 Å². The Morgan fingerprint density at radius 1 is 1.33 bits per heavy atom. The van der Waals surface area contributed by atoms with Gasteiger partial charge in [-0.2, -0.15) is 0 Å². The third kappa shape index (κ3) is 1.85. The minimum absolute atomic E-state index is 0.124. The lowest BCUT2D eigenvalue weighted by Gasteiger charge is -2.36. The number of rotatable bonds is 0. The molecule has 1 N–H and O–H groups in total. The number of nitrogens with one attached hydrogen (secondary N) is 1. The normalized spacial score (nSPS) is 20.7. The Labute approximate surface area is 90.7 Å². The number of anilines is 1. The van der Waals surface area contributed by atoms with Crippen LogP contribution >= 0.6 is 0 Å². The van der Waals surface area contributed by atoms with Crippen molar-refractivity contribution in [2.45, 2.75) is 33.1 Å². The van der Waals surface area contributed by atoms with Gasteiger partial charge in [-0.15, -0.1) is 0 Å². The zero-order valence-electron chi connectivity index (χ0n) is 9.60. The van der Waals surface area contributed by atoms with Gasteiger partial charge >= 0.3 is 0 Å². The maximum absolute atomic E-state index is 13.6. The summed E-state index contributed by atoms with van der Waals surface area (Å²) < 4.78 is 13.6. The van der Waals surface area contributed by atoms with Crippen LogP contribution < -0.4 is 5.32 Å². The van der Waals surface area contributed by atoms with Crippen molar-refractivity contribution in [3.63, 3.8) is 0 Å². The number of para-hydroxylation sites is 1. The third-order valence-corrected chi connectivity index (χ3v) is 3.20. The van der Waals surface area contributed by atoms with E-state index in [2.05, 4.69) is 26.1 Å². The van der Waals surface area contributed by atoms with Gasteiger partial charge in [-0.25, -0.2) is 4.39 Å². The van der Waals surface area contributed by atoms with Gasteiger partial charge in [0.1, 0.15) is 5.82 Å². The van der Waals surface area contributed by atoms with Gasteiger partial charge in [0.05, 0.1) is 5.69 Å². The monoisotopic (exact) mass is 207 g/mol. The molecule has 0 saturated heterocycles. The molecule has 0 aromatic heterocycles. The quantitative estimate of drug-likeness (QED) is 0.682. The van der Waals surface area contributed by atoms with E-state index in [-0.39, 0.29) is 11.2 Å². The topological polar surface area (TPSA) is 12.0 Å². The van der Waals surface area contributed by atoms with Crippen molar-refractivity contribution in [3.05, 3.63) is 29.6 Å². The first-order valence-electron chi connectivity index (χ1n) is 5.52. The highest BCUT2D eigenvalue weighted by Gasteiger charge is 2.31. The first-order valence-corrected chi connectivity index (χ1v) is 5.52. The van der Waals surface area contributed by atoms with Crippen molar-refractivity contribution >= 4 is 5.69 Å². The van der Waals surface area contributed by atoms with E-state index in [1.807, 2.05) is 6.07 Å². The van der Waals surface area contributed by atoms with E-state index in [0.29, 0.717) is 11.6 Å². The molecule has 2 rings (SSSR count). The van der Waals surface area contributed by atoms with Crippen LogP contribution in [0.4, 0.5) is 10.1 Å². The molecule has 0 bridgehead atoms. The SMILES string of the molecule is CC(C)(C)C1CCNc2c(F)cccc21. The first kappa shape index (κ1) is 10.5. The van der Waals surface area contributed by atoms with Gasteiger partial charge in [-0.3, -0.25) is 0 Å². The van der Waals surface area contributed by atoms with Gasteiger partial charge in [-0.1, -0.05) is 32.9 Å². The molecule has 1 heterocycles. The molecule has 82 valence electrons. The second kappa shape index (κ2) is 3.51. The molecule has 1 atom stereocenters. The Balaban J connectivity index is 2.48. The standard InChI is InChI=1S/C13H18FN/c1-13(2,3)10-7-8-15-12-9(10)5-4-6-11(12)14/h4-6,10,15H,7-8H2,1-3H3. The van der Waals surface area contributed by atoms with E-state index < -0.39 is 0 Å². The Kier molecular flexibility index (Phi) is 2.45. The minimum atomic E-state index is -0.124. The van der Waals surface area contributed by atoms with E-state index >= 15 is 0 Å². The molecule has 15 heavy (non-hydrogen) atoms. The van der Waals surface area contributed by atoms with Crippen molar-refractivity contribution in [2.24, 2.45) is 5.41 Å². The zero-order valence-corrected chi connectivity index (χ0v) is 9.60. The molecule has 0 spiro atoms. The van der Waals surface area contributed by atoms with Gasteiger partial charge in [0.2, 0.25) is 0 Å². The maximum atomic E-state index is 13.6. The molecule has 0 fully saturated rings. The minimum Gasteiger partial charge on any atom is -0.382 e. The van der Waals surface area contributed by atoms with Crippen LogP contribution in [0.5, 0.6) is 0 Å². The van der Waals surface area contributed by atoms with Crippen LogP contribution in [0.3, 0.4) is 0 Å². The predicted molar refractivity (Wildman–Crippen MR) is 61.7 cm³/mol. The molecule has 1 unspecified atom stereocenters. The fourth-order valence-electron chi connectivity index (χ4n) is 2.41. The Morgan fingerprint density at radius 3 is 2.73 bits per heavy atom. The number of fused-ring (bicyclic) bond motifs is 1. The lowest BCUT2D eigenvalue weighted by molar-refractivity contribution is 0.304. The van der Waals surface area contributed by atoms with Crippen molar-refractivity contribution in [1.82, 2.24) is 0 Å². The summed E-state index contributed by atoms with van der Waals surface area (Å²) in [4.78, 5) is 0. The van der Waals surface area contributed by atoms with Crippen LogP contribution in [0.25, 0.3) is 0 Å². The molecule has 1 aliphatic rings. The van der Waals surface area contributed by atoms with Gasteiger partial charge in [0.25, 0.3) is 0 Å². The van der Waals surface area contributed by atoms with Crippen molar-refractivity contribution < 1.29 is 4.39 Å². The molecule has 1 aromatic carbocycles. The van der Waals surface area contributed by atoms with Crippen LogP contribution in [0.15, 0.2) is 18.2 Å².